The van der Waals surface area contributed by atoms with Crippen molar-refractivity contribution in [2.75, 3.05) is 4.90 Å². The second-order valence-corrected chi connectivity index (χ2v) is 10.2. The molecule has 0 bridgehead atoms. The summed E-state index contributed by atoms with van der Waals surface area (Å²) in [6.45, 7) is 3.74. The lowest BCUT2D eigenvalue weighted by molar-refractivity contribution is -0.145. The van der Waals surface area contributed by atoms with Gasteiger partial charge in [0.15, 0.2) is 0 Å². The first-order valence-electron chi connectivity index (χ1n) is 12.7. The first-order valence-corrected chi connectivity index (χ1v) is 12.7. The van der Waals surface area contributed by atoms with Crippen molar-refractivity contribution >= 4 is 29.4 Å². The molecule has 0 radical (unpaired) electrons. The monoisotopic (exact) mass is 511 g/mol. The molecule has 0 spiro atoms. The van der Waals surface area contributed by atoms with Crippen molar-refractivity contribution in [2.24, 2.45) is 11.8 Å². The number of fused-ring (bicyclic) bond motifs is 3. The third-order valence-corrected chi connectivity index (χ3v) is 8.15. The van der Waals surface area contributed by atoms with Gasteiger partial charge < -0.3 is 4.90 Å². The molecule has 3 fully saturated rings. The maximum absolute atomic E-state index is 14.2. The van der Waals surface area contributed by atoms with Gasteiger partial charge in [-0.1, -0.05) is 73.2 Å². The average molecular weight is 512 g/mol. The molecule has 3 aromatic carbocycles. The van der Waals surface area contributed by atoms with Crippen molar-refractivity contribution < 1.29 is 23.6 Å². The van der Waals surface area contributed by atoms with Gasteiger partial charge in [-0.3, -0.25) is 19.3 Å². The molecular weight excluding hydrogens is 485 g/mol. The lowest BCUT2D eigenvalue weighted by Gasteiger charge is -2.34. The number of imide groups is 2. The summed E-state index contributed by atoms with van der Waals surface area (Å²) in [5, 5.41) is 0. The molecule has 8 heteroatoms. The van der Waals surface area contributed by atoms with Crippen LogP contribution in [0.1, 0.15) is 36.1 Å². The molecule has 5 amide bonds. The third kappa shape index (κ3) is 3.19. The minimum Gasteiger partial charge on any atom is -0.300 e. The van der Waals surface area contributed by atoms with Crippen LogP contribution in [0, 0.1) is 24.6 Å². The van der Waals surface area contributed by atoms with Crippen LogP contribution in [0.25, 0.3) is 0 Å². The van der Waals surface area contributed by atoms with Gasteiger partial charge in [0.2, 0.25) is 11.8 Å². The van der Waals surface area contributed by atoms with Crippen molar-refractivity contribution in [2.45, 2.75) is 38.4 Å². The van der Waals surface area contributed by atoms with E-state index in [-0.39, 0.29) is 18.7 Å². The molecule has 3 aliphatic rings. The largest absolute Gasteiger partial charge is 0.332 e. The molecule has 3 saturated heterocycles. The van der Waals surface area contributed by atoms with Crippen molar-refractivity contribution in [1.82, 2.24) is 9.80 Å². The fraction of sp³-hybridized carbons (Fsp3) is 0.267. The van der Waals surface area contributed by atoms with Crippen molar-refractivity contribution in [3.8, 4) is 0 Å². The number of carbonyl (C=O) groups is 4. The molecule has 3 heterocycles. The Labute approximate surface area is 219 Å². The molecule has 0 N–H and O–H groups in total. The number of nitrogens with zero attached hydrogens (tertiary/aromatic N) is 3. The number of rotatable bonds is 5. The molecule has 0 saturated carbocycles. The molecule has 0 aromatic heterocycles. The Hall–Kier alpha value is -4.33. The van der Waals surface area contributed by atoms with Gasteiger partial charge in [-0.2, -0.15) is 0 Å². The third-order valence-electron chi connectivity index (χ3n) is 8.15. The number of likely N-dealkylation sites (tertiary alicyclic amines) is 1. The quantitative estimate of drug-likeness (QED) is 0.370. The topological polar surface area (TPSA) is 78.0 Å². The highest BCUT2D eigenvalue weighted by Gasteiger charge is 2.76. The van der Waals surface area contributed by atoms with Crippen LogP contribution in [0.15, 0.2) is 78.9 Å². The van der Waals surface area contributed by atoms with E-state index in [9.17, 15) is 23.6 Å². The standard InChI is InChI=1S/C30H26FN3O4/c1-3-30-24-23(26(35)32(27(24)36)17-19-10-5-4-6-11-19)25(20-12-7-9-18(2)15-20)34(30)29(38)33(28(30)37)22-14-8-13-21(31)16-22/h4-16,23-25H,3,17H2,1-2H3/t23?,24?,25?,30-/m1/s1. The maximum Gasteiger partial charge on any atom is 0.332 e. The molecule has 3 aromatic rings. The lowest BCUT2D eigenvalue weighted by atomic mass is 9.77. The smallest absolute Gasteiger partial charge is 0.300 e. The summed E-state index contributed by atoms with van der Waals surface area (Å²) in [5.41, 5.74) is 0.922. The molecule has 192 valence electrons. The zero-order valence-electron chi connectivity index (χ0n) is 21.0. The van der Waals surface area contributed by atoms with E-state index in [1.54, 1.807) is 6.92 Å². The number of halogens is 1. The highest BCUT2D eigenvalue weighted by Crippen LogP contribution is 2.60. The fourth-order valence-electron chi connectivity index (χ4n) is 6.56. The van der Waals surface area contributed by atoms with Crippen LogP contribution in [0.2, 0.25) is 0 Å². The lowest BCUT2D eigenvalue weighted by Crippen LogP contribution is -2.53. The highest BCUT2D eigenvalue weighted by atomic mass is 19.1. The van der Waals surface area contributed by atoms with Crippen LogP contribution in [0.3, 0.4) is 0 Å². The summed E-state index contributed by atoms with van der Waals surface area (Å²) in [6.07, 6.45) is 0.130. The molecule has 4 atom stereocenters. The Morgan fingerprint density at radius 2 is 1.61 bits per heavy atom. The second-order valence-electron chi connectivity index (χ2n) is 10.2. The van der Waals surface area contributed by atoms with Gasteiger partial charge in [0.05, 0.1) is 30.1 Å². The van der Waals surface area contributed by atoms with Crippen LogP contribution in [-0.4, -0.2) is 39.1 Å². The van der Waals surface area contributed by atoms with E-state index in [2.05, 4.69) is 0 Å². The summed E-state index contributed by atoms with van der Waals surface area (Å²) >= 11 is 0. The number of benzene rings is 3. The molecule has 0 aliphatic carbocycles. The Morgan fingerprint density at radius 1 is 0.868 bits per heavy atom. The number of hydrogen-bond acceptors (Lipinski definition) is 4. The van der Waals surface area contributed by atoms with Gasteiger partial charge >= 0.3 is 6.03 Å². The predicted molar refractivity (Wildman–Crippen MR) is 137 cm³/mol. The van der Waals surface area contributed by atoms with E-state index in [4.69, 9.17) is 0 Å². The van der Waals surface area contributed by atoms with Crippen LogP contribution < -0.4 is 4.90 Å². The molecule has 6 rings (SSSR count). The molecule has 7 nitrogen and oxygen atoms in total. The number of aryl methyl sites for hydroxylation is 1. The summed E-state index contributed by atoms with van der Waals surface area (Å²) in [4.78, 5) is 59.9. The van der Waals surface area contributed by atoms with Crippen molar-refractivity contribution in [3.05, 3.63) is 101 Å². The van der Waals surface area contributed by atoms with Gasteiger partial charge in [0, 0.05) is 0 Å². The number of hydrogen-bond donors (Lipinski definition) is 0. The summed E-state index contributed by atoms with van der Waals surface area (Å²) in [6, 6.07) is 20.4. The molecule has 3 unspecified atom stereocenters. The van der Waals surface area contributed by atoms with Crippen molar-refractivity contribution in [3.63, 3.8) is 0 Å². The SMILES string of the molecule is CC[C@@]12C(=O)N(c3cccc(F)c3)C(=O)N1C(c1cccc(C)c1)C1C(=O)N(Cc3ccccc3)C(=O)C12. The summed E-state index contributed by atoms with van der Waals surface area (Å²) in [7, 11) is 0. The highest BCUT2D eigenvalue weighted by molar-refractivity contribution is 6.26. The second kappa shape index (κ2) is 8.62. The van der Waals surface area contributed by atoms with E-state index in [1.165, 1.54) is 28.0 Å². The first kappa shape index (κ1) is 24.0. The van der Waals surface area contributed by atoms with E-state index in [0.717, 1.165) is 22.1 Å². The number of urea groups is 1. The van der Waals surface area contributed by atoms with Crippen LogP contribution in [-0.2, 0) is 20.9 Å². The molecule has 38 heavy (non-hydrogen) atoms. The predicted octanol–water partition coefficient (Wildman–Crippen LogP) is 4.61. The zero-order valence-corrected chi connectivity index (χ0v) is 21.0. The fourth-order valence-corrected chi connectivity index (χ4v) is 6.56. The van der Waals surface area contributed by atoms with Crippen molar-refractivity contribution in [1.29, 1.82) is 0 Å². The van der Waals surface area contributed by atoms with Crippen LogP contribution >= 0.6 is 0 Å². The van der Waals surface area contributed by atoms with E-state index in [1.807, 2.05) is 61.5 Å². The Morgan fingerprint density at radius 3 is 2.29 bits per heavy atom. The van der Waals surface area contributed by atoms with E-state index in [0.29, 0.717) is 5.56 Å². The Bertz CT molecular complexity index is 1490. The number of anilines is 1. The van der Waals surface area contributed by atoms with Gasteiger partial charge in [0.1, 0.15) is 11.4 Å². The number of amides is 5. The van der Waals surface area contributed by atoms with Crippen LogP contribution in [0.4, 0.5) is 14.9 Å². The first-order chi connectivity index (χ1) is 18.3. The van der Waals surface area contributed by atoms with Gasteiger partial charge in [0.25, 0.3) is 5.91 Å². The summed E-state index contributed by atoms with van der Waals surface area (Å²) in [5.74, 6) is -4.01. The van der Waals surface area contributed by atoms with E-state index >= 15 is 0 Å². The average Bonchev–Trinajstić information content (AvgIpc) is 3.44. The van der Waals surface area contributed by atoms with E-state index < -0.39 is 53.0 Å². The maximum atomic E-state index is 14.2. The van der Waals surface area contributed by atoms with Gasteiger partial charge in [-0.05, 0) is 42.7 Å². The minimum atomic E-state index is -1.57. The van der Waals surface area contributed by atoms with Gasteiger partial charge in [-0.15, -0.1) is 0 Å². The zero-order chi connectivity index (χ0) is 26.8. The number of carbonyl (C=O) groups excluding carboxylic acids is 4. The van der Waals surface area contributed by atoms with Gasteiger partial charge in [-0.25, -0.2) is 14.1 Å². The Balaban J connectivity index is 1.53. The normalized spacial score (nSPS) is 26.4. The Kier molecular flexibility index (Phi) is 5.45. The van der Waals surface area contributed by atoms with Crippen LogP contribution in [0.5, 0.6) is 0 Å². The molecular formula is C30H26FN3O4. The summed E-state index contributed by atoms with van der Waals surface area (Å²) < 4.78 is 14.1. The molecule has 3 aliphatic heterocycles. The minimum absolute atomic E-state index is 0.0849.